The maximum atomic E-state index is 13.1. The number of nitrogens with one attached hydrogen (secondary N) is 1. The van der Waals surface area contributed by atoms with Crippen LogP contribution in [0.3, 0.4) is 0 Å². The number of amides is 1. The smallest absolute Gasteiger partial charge is 0.259 e. The van der Waals surface area contributed by atoms with Crippen LogP contribution >= 0.6 is 0 Å². The van der Waals surface area contributed by atoms with Crippen molar-refractivity contribution in [3.8, 4) is 23.0 Å². The molecule has 0 saturated carbocycles. The fourth-order valence-electron chi connectivity index (χ4n) is 4.80. The molecule has 194 valence electrons. The van der Waals surface area contributed by atoms with Gasteiger partial charge in [-0.05, 0) is 102 Å². The molecule has 2 aromatic rings. The number of methoxy groups -OCH3 is 2. The number of fused-ring (bicyclic) bond motifs is 1. The molecule has 7 nitrogen and oxygen atoms in total. The highest BCUT2D eigenvalue weighted by atomic mass is 16.5. The van der Waals surface area contributed by atoms with Crippen LogP contribution in [0.15, 0.2) is 36.4 Å². The minimum Gasteiger partial charge on any atom is -0.495 e. The lowest BCUT2D eigenvalue weighted by atomic mass is 9.93. The molecule has 36 heavy (non-hydrogen) atoms. The topological polar surface area (TPSA) is 69.3 Å². The van der Waals surface area contributed by atoms with Crippen LogP contribution in [0.25, 0.3) is 6.08 Å². The Bertz CT molecular complexity index is 1100. The normalized spacial score (nSPS) is 17.1. The van der Waals surface area contributed by atoms with E-state index in [4.69, 9.17) is 18.9 Å². The molecule has 1 saturated heterocycles. The van der Waals surface area contributed by atoms with Crippen molar-refractivity contribution >= 4 is 17.7 Å². The van der Waals surface area contributed by atoms with Crippen LogP contribution in [-0.4, -0.2) is 57.4 Å². The van der Waals surface area contributed by atoms with E-state index in [0.717, 1.165) is 17.9 Å². The van der Waals surface area contributed by atoms with Crippen molar-refractivity contribution in [2.45, 2.75) is 45.1 Å². The van der Waals surface area contributed by atoms with Gasteiger partial charge in [-0.15, -0.1) is 0 Å². The summed E-state index contributed by atoms with van der Waals surface area (Å²) in [5.74, 6) is 2.95. The largest absolute Gasteiger partial charge is 0.495 e. The Morgan fingerprint density at radius 1 is 1.11 bits per heavy atom. The van der Waals surface area contributed by atoms with Gasteiger partial charge < -0.3 is 29.2 Å². The van der Waals surface area contributed by atoms with Crippen molar-refractivity contribution in [1.82, 2.24) is 4.90 Å². The molecular weight excluding hydrogens is 456 g/mol. The first-order chi connectivity index (χ1) is 17.3. The molecule has 4 rings (SSSR count). The summed E-state index contributed by atoms with van der Waals surface area (Å²) in [7, 11) is 5.35. The van der Waals surface area contributed by atoms with Gasteiger partial charge in [-0.2, -0.15) is 0 Å². The van der Waals surface area contributed by atoms with E-state index in [2.05, 4.69) is 17.3 Å². The molecule has 0 aromatic heterocycles. The summed E-state index contributed by atoms with van der Waals surface area (Å²) in [4.78, 5) is 15.5. The Morgan fingerprint density at radius 2 is 1.89 bits per heavy atom. The molecular formula is C29H38N2O5. The van der Waals surface area contributed by atoms with Crippen molar-refractivity contribution in [2.24, 2.45) is 5.92 Å². The second-order valence-electron chi connectivity index (χ2n) is 10.2. The standard InChI is InChI=1S/C29H38N2O5/c1-29(2)15-12-22-24(36-29)11-9-23(27(22)34-5)28(32)30-21-8-10-25(26(19-21)33-4)35-18-6-7-20-13-16-31(3)17-14-20/h8-12,15,19-20H,6-7,13-14,16-18H2,1-5H3,(H,30,32). The number of piperidine rings is 1. The van der Waals surface area contributed by atoms with E-state index >= 15 is 0 Å². The zero-order chi connectivity index (χ0) is 25.7. The fourth-order valence-corrected chi connectivity index (χ4v) is 4.80. The van der Waals surface area contributed by atoms with E-state index in [1.807, 2.05) is 38.1 Å². The van der Waals surface area contributed by atoms with Crippen LogP contribution in [0.1, 0.15) is 55.5 Å². The number of carbonyl (C=O) groups excluding carboxylic acids is 1. The predicted molar refractivity (Wildman–Crippen MR) is 143 cm³/mol. The van der Waals surface area contributed by atoms with Crippen molar-refractivity contribution in [3.63, 3.8) is 0 Å². The van der Waals surface area contributed by atoms with Crippen LogP contribution in [0.5, 0.6) is 23.0 Å². The first kappa shape index (κ1) is 25.9. The second-order valence-corrected chi connectivity index (χ2v) is 10.2. The lowest BCUT2D eigenvalue weighted by Crippen LogP contribution is -2.30. The molecule has 2 heterocycles. The number of carbonyl (C=O) groups is 1. The number of benzene rings is 2. The zero-order valence-electron chi connectivity index (χ0n) is 22.1. The molecule has 0 unspecified atom stereocenters. The molecule has 2 aliphatic heterocycles. The molecule has 1 amide bonds. The lowest BCUT2D eigenvalue weighted by molar-refractivity contribution is 0.102. The number of hydrogen-bond acceptors (Lipinski definition) is 6. The number of nitrogens with zero attached hydrogens (tertiary/aromatic N) is 1. The molecule has 0 bridgehead atoms. The van der Waals surface area contributed by atoms with Crippen molar-refractivity contribution < 1.29 is 23.7 Å². The third-order valence-corrected chi connectivity index (χ3v) is 6.90. The average molecular weight is 495 g/mol. The molecule has 0 spiro atoms. The van der Waals surface area contributed by atoms with Crippen molar-refractivity contribution in [3.05, 3.63) is 47.5 Å². The van der Waals surface area contributed by atoms with Crippen LogP contribution in [-0.2, 0) is 0 Å². The number of rotatable bonds is 9. The first-order valence-corrected chi connectivity index (χ1v) is 12.7. The van der Waals surface area contributed by atoms with E-state index in [9.17, 15) is 4.79 Å². The van der Waals surface area contributed by atoms with E-state index in [-0.39, 0.29) is 5.91 Å². The Balaban J connectivity index is 1.38. The second kappa shape index (κ2) is 11.2. The first-order valence-electron chi connectivity index (χ1n) is 12.7. The van der Waals surface area contributed by atoms with Gasteiger partial charge in [0.05, 0.1) is 32.0 Å². The molecule has 2 aromatic carbocycles. The van der Waals surface area contributed by atoms with Crippen LogP contribution in [0.4, 0.5) is 5.69 Å². The third kappa shape index (κ3) is 6.13. The maximum absolute atomic E-state index is 13.1. The Labute approximate surface area is 214 Å². The molecule has 2 aliphatic rings. The SMILES string of the molecule is COc1cc(NC(=O)c2ccc3c(c2OC)C=CC(C)(C)O3)ccc1OCCCC1CCN(C)CC1. The highest BCUT2D eigenvalue weighted by molar-refractivity contribution is 6.07. The summed E-state index contributed by atoms with van der Waals surface area (Å²) in [6, 6.07) is 8.97. The van der Waals surface area contributed by atoms with Gasteiger partial charge in [0.25, 0.3) is 5.91 Å². The monoisotopic (exact) mass is 494 g/mol. The number of hydrogen-bond donors (Lipinski definition) is 1. The number of likely N-dealkylation sites (tertiary alicyclic amines) is 1. The molecule has 1 fully saturated rings. The van der Waals surface area contributed by atoms with Crippen molar-refractivity contribution in [2.75, 3.05) is 46.3 Å². The summed E-state index contributed by atoms with van der Waals surface area (Å²) in [5.41, 5.74) is 1.39. The van der Waals surface area contributed by atoms with Gasteiger partial charge in [-0.25, -0.2) is 0 Å². The average Bonchev–Trinajstić information content (AvgIpc) is 2.86. The van der Waals surface area contributed by atoms with Crippen LogP contribution in [0.2, 0.25) is 0 Å². The highest BCUT2D eigenvalue weighted by Crippen LogP contribution is 2.39. The molecule has 0 aliphatic carbocycles. The van der Waals surface area contributed by atoms with Gasteiger partial charge >= 0.3 is 0 Å². The Kier molecular flexibility index (Phi) is 8.09. The van der Waals surface area contributed by atoms with Crippen molar-refractivity contribution in [1.29, 1.82) is 0 Å². The minimum absolute atomic E-state index is 0.276. The number of anilines is 1. The quantitative estimate of drug-likeness (QED) is 0.455. The molecule has 0 radical (unpaired) electrons. The summed E-state index contributed by atoms with van der Waals surface area (Å²) in [6.07, 6.45) is 8.64. The van der Waals surface area contributed by atoms with E-state index in [1.54, 1.807) is 32.4 Å². The highest BCUT2D eigenvalue weighted by Gasteiger charge is 2.26. The van der Waals surface area contributed by atoms with E-state index < -0.39 is 5.60 Å². The van der Waals surface area contributed by atoms with Gasteiger partial charge in [0, 0.05) is 11.8 Å². The summed E-state index contributed by atoms with van der Waals surface area (Å²) >= 11 is 0. The lowest BCUT2D eigenvalue weighted by Gasteiger charge is -2.29. The molecule has 7 heteroatoms. The molecule has 1 N–H and O–H groups in total. The van der Waals surface area contributed by atoms with E-state index in [0.29, 0.717) is 40.9 Å². The third-order valence-electron chi connectivity index (χ3n) is 6.90. The summed E-state index contributed by atoms with van der Waals surface area (Å²) in [6.45, 7) is 6.98. The van der Waals surface area contributed by atoms with Gasteiger partial charge in [-0.1, -0.05) is 0 Å². The van der Waals surface area contributed by atoms with Gasteiger partial charge in [0.2, 0.25) is 0 Å². The minimum atomic E-state index is -0.408. The molecule has 0 atom stereocenters. The maximum Gasteiger partial charge on any atom is 0.259 e. The predicted octanol–water partition coefficient (Wildman–Crippen LogP) is 5.64. The fraction of sp³-hybridized carbons (Fsp3) is 0.483. The summed E-state index contributed by atoms with van der Waals surface area (Å²) in [5, 5.41) is 2.95. The summed E-state index contributed by atoms with van der Waals surface area (Å²) < 4.78 is 23.2. The van der Waals surface area contributed by atoms with Gasteiger partial charge in [0.15, 0.2) is 11.5 Å². The Morgan fingerprint density at radius 3 is 2.61 bits per heavy atom. The Hall–Kier alpha value is -3.19. The van der Waals surface area contributed by atoms with E-state index in [1.165, 1.54) is 32.4 Å². The van der Waals surface area contributed by atoms with Crippen LogP contribution < -0.4 is 24.3 Å². The van der Waals surface area contributed by atoms with Crippen LogP contribution in [0, 0.1) is 5.92 Å². The van der Waals surface area contributed by atoms with Gasteiger partial charge in [0.1, 0.15) is 17.1 Å². The number of ether oxygens (including phenoxy) is 4. The zero-order valence-corrected chi connectivity index (χ0v) is 22.1. The van der Waals surface area contributed by atoms with Gasteiger partial charge in [-0.3, -0.25) is 4.79 Å².